The number of carboxylic acids is 1. The molecule has 0 saturated carbocycles. The lowest BCUT2D eigenvalue weighted by Gasteiger charge is -2.15. The molecule has 2 aromatic carbocycles. The molecule has 0 fully saturated rings. The molecule has 0 amide bonds. The highest BCUT2D eigenvalue weighted by molar-refractivity contribution is 6.31. The van der Waals surface area contributed by atoms with Crippen molar-refractivity contribution in [3.05, 3.63) is 52.5 Å². The Bertz CT molecular complexity index is 716. The Kier molecular flexibility index (Phi) is 6.95. The van der Waals surface area contributed by atoms with Gasteiger partial charge in [0.1, 0.15) is 0 Å². The van der Waals surface area contributed by atoms with Crippen molar-refractivity contribution >= 4 is 23.3 Å². The van der Waals surface area contributed by atoms with Gasteiger partial charge in [-0.3, -0.25) is 0 Å². The van der Waals surface area contributed by atoms with Crippen molar-refractivity contribution in [2.45, 2.75) is 26.8 Å². The van der Waals surface area contributed by atoms with E-state index in [0.717, 1.165) is 17.7 Å². The lowest BCUT2D eigenvalue weighted by molar-refractivity contribution is 0.0697. The average molecular weight is 364 g/mol. The van der Waals surface area contributed by atoms with Crippen molar-refractivity contribution in [3.63, 3.8) is 0 Å². The van der Waals surface area contributed by atoms with Crippen molar-refractivity contribution in [1.82, 2.24) is 0 Å². The summed E-state index contributed by atoms with van der Waals surface area (Å²) in [6.07, 6.45) is 0.902. The predicted octanol–water partition coefficient (Wildman–Crippen LogP) is 4.84. The summed E-state index contributed by atoms with van der Waals surface area (Å²) in [5, 5.41) is 12.7. The number of nitrogens with one attached hydrogen (secondary N) is 1. The van der Waals surface area contributed by atoms with E-state index >= 15 is 0 Å². The number of aromatic carboxylic acids is 1. The van der Waals surface area contributed by atoms with E-state index in [9.17, 15) is 4.79 Å². The maximum absolute atomic E-state index is 10.9. The lowest BCUT2D eigenvalue weighted by atomic mass is 10.1. The highest BCUT2D eigenvalue weighted by Gasteiger charge is 2.11. The molecule has 0 aliphatic heterocycles. The normalized spacial score (nSPS) is 10.4. The van der Waals surface area contributed by atoms with Gasteiger partial charge in [0.25, 0.3) is 0 Å². The fourth-order valence-electron chi connectivity index (χ4n) is 2.23. The van der Waals surface area contributed by atoms with Gasteiger partial charge in [-0.1, -0.05) is 18.5 Å². The van der Waals surface area contributed by atoms with Gasteiger partial charge >= 0.3 is 5.97 Å². The second kappa shape index (κ2) is 9.18. The molecule has 25 heavy (non-hydrogen) atoms. The van der Waals surface area contributed by atoms with Gasteiger partial charge in [-0.05, 0) is 49.2 Å². The van der Waals surface area contributed by atoms with Gasteiger partial charge < -0.3 is 19.9 Å². The molecule has 2 N–H and O–H groups in total. The van der Waals surface area contributed by atoms with Crippen molar-refractivity contribution < 1.29 is 19.4 Å². The zero-order valence-electron chi connectivity index (χ0n) is 14.3. The first kappa shape index (κ1) is 18.9. The highest BCUT2D eigenvalue weighted by atomic mass is 35.5. The molecule has 0 spiro atoms. The molecule has 0 saturated heterocycles. The Morgan fingerprint density at radius 2 is 1.80 bits per heavy atom. The number of rotatable bonds is 9. The third-order valence-corrected chi connectivity index (χ3v) is 3.84. The summed E-state index contributed by atoms with van der Waals surface area (Å²) in [5.74, 6) is 0.361. The molecule has 0 radical (unpaired) electrons. The van der Waals surface area contributed by atoms with Gasteiger partial charge in [0.05, 0.1) is 18.8 Å². The van der Waals surface area contributed by atoms with Crippen LogP contribution in [0.15, 0.2) is 36.4 Å². The van der Waals surface area contributed by atoms with Crippen molar-refractivity contribution in [2.75, 3.05) is 18.5 Å². The van der Waals surface area contributed by atoms with E-state index in [1.165, 1.54) is 0 Å². The van der Waals surface area contributed by atoms with Crippen LogP contribution in [-0.2, 0) is 6.54 Å². The molecule has 0 aromatic heterocycles. The molecule has 2 aromatic rings. The summed E-state index contributed by atoms with van der Waals surface area (Å²) < 4.78 is 11.3. The van der Waals surface area contributed by atoms with Crippen LogP contribution in [-0.4, -0.2) is 24.3 Å². The van der Waals surface area contributed by atoms with E-state index in [0.29, 0.717) is 36.3 Å². The lowest BCUT2D eigenvalue weighted by Crippen LogP contribution is -2.04. The molecule has 0 aliphatic rings. The molecule has 0 bridgehead atoms. The number of ether oxygens (including phenoxy) is 2. The van der Waals surface area contributed by atoms with Crippen LogP contribution in [0.25, 0.3) is 0 Å². The minimum Gasteiger partial charge on any atom is -0.490 e. The Morgan fingerprint density at radius 3 is 2.40 bits per heavy atom. The number of hydrogen-bond acceptors (Lipinski definition) is 4. The summed E-state index contributed by atoms with van der Waals surface area (Å²) in [5.41, 5.74) is 1.93. The molecule has 5 nitrogen and oxygen atoms in total. The monoisotopic (exact) mass is 363 g/mol. The molecule has 134 valence electrons. The Morgan fingerprint density at radius 1 is 1.12 bits per heavy atom. The van der Waals surface area contributed by atoms with Crippen LogP contribution in [0.2, 0.25) is 5.02 Å². The van der Waals surface area contributed by atoms with Gasteiger partial charge in [-0.2, -0.15) is 0 Å². The third kappa shape index (κ3) is 5.29. The van der Waals surface area contributed by atoms with E-state index in [1.54, 1.807) is 30.3 Å². The van der Waals surface area contributed by atoms with Crippen LogP contribution in [0.1, 0.15) is 36.2 Å². The van der Waals surface area contributed by atoms with Crippen LogP contribution < -0.4 is 14.8 Å². The fourth-order valence-corrected chi connectivity index (χ4v) is 2.45. The summed E-state index contributed by atoms with van der Waals surface area (Å²) in [6.45, 7) is 5.58. The van der Waals surface area contributed by atoms with Gasteiger partial charge in [-0.15, -0.1) is 0 Å². The summed E-state index contributed by atoms with van der Waals surface area (Å²) >= 11 is 6.36. The number of hydrogen-bond donors (Lipinski definition) is 2. The molecule has 0 unspecified atom stereocenters. The molecule has 0 atom stereocenters. The Balaban J connectivity index is 2.12. The van der Waals surface area contributed by atoms with Crippen molar-refractivity contribution in [3.8, 4) is 11.5 Å². The summed E-state index contributed by atoms with van der Waals surface area (Å²) in [7, 11) is 0. The summed E-state index contributed by atoms with van der Waals surface area (Å²) in [4.78, 5) is 10.9. The van der Waals surface area contributed by atoms with Gasteiger partial charge in [0, 0.05) is 23.3 Å². The van der Waals surface area contributed by atoms with Gasteiger partial charge in [0.2, 0.25) is 0 Å². The number of anilines is 1. The average Bonchev–Trinajstić information content (AvgIpc) is 2.61. The van der Waals surface area contributed by atoms with E-state index in [4.69, 9.17) is 26.2 Å². The van der Waals surface area contributed by atoms with Crippen LogP contribution in [0.5, 0.6) is 11.5 Å². The summed E-state index contributed by atoms with van der Waals surface area (Å²) in [6, 6.07) is 10.2. The molecule has 0 heterocycles. The maximum atomic E-state index is 10.9. The number of carboxylic acid groups (broad SMARTS) is 1. The smallest absolute Gasteiger partial charge is 0.335 e. The number of halogens is 1. The van der Waals surface area contributed by atoms with Gasteiger partial charge in [0.15, 0.2) is 11.5 Å². The van der Waals surface area contributed by atoms with E-state index in [1.807, 2.05) is 19.9 Å². The quantitative estimate of drug-likeness (QED) is 0.667. The third-order valence-electron chi connectivity index (χ3n) is 3.49. The van der Waals surface area contributed by atoms with E-state index in [2.05, 4.69) is 5.32 Å². The zero-order valence-corrected chi connectivity index (χ0v) is 15.1. The second-order valence-electron chi connectivity index (χ2n) is 5.41. The first-order valence-corrected chi connectivity index (χ1v) is 8.58. The van der Waals surface area contributed by atoms with Crippen molar-refractivity contribution in [2.24, 2.45) is 0 Å². The fraction of sp³-hybridized carbons (Fsp3) is 0.316. The second-order valence-corrected chi connectivity index (χ2v) is 5.82. The predicted molar refractivity (Wildman–Crippen MR) is 99.1 cm³/mol. The maximum Gasteiger partial charge on any atom is 0.335 e. The first-order valence-electron chi connectivity index (χ1n) is 8.20. The molecule has 0 aliphatic carbocycles. The van der Waals surface area contributed by atoms with Crippen LogP contribution in [0.4, 0.5) is 5.69 Å². The largest absolute Gasteiger partial charge is 0.490 e. The topological polar surface area (TPSA) is 67.8 Å². The Labute approximate surface area is 152 Å². The SMILES string of the molecule is CCCOc1cc(Cl)c(CNc2ccc(C(=O)O)cc2)cc1OCC. The van der Waals surface area contributed by atoms with Crippen molar-refractivity contribution in [1.29, 1.82) is 0 Å². The number of carbonyl (C=O) groups is 1. The molecular weight excluding hydrogens is 342 g/mol. The standard InChI is InChI=1S/C19H22ClNO4/c1-3-9-25-18-11-16(20)14(10-17(18)24-4-2)12-21-15-7-5-13(6-8-15)19(22)23/h5-8,10-11,21H,3-4,9,12H2,1-2H3,(H,22,23). The van der Waals surface area contributed by atoms with Crippen LogP contribution >= 0.6 is 11.6 Å². The minimum absolute atomic E-state index is 0.250. The number of benzene rings is 2. The molecule has 6 heteroatoms. The highest BCUT2D eigenvalue weighted by Crippen LogP contribution is 2.34. The molecular formula is C19H22ClNO4. The van der Waals surface area contributed by atoms with Crippen LogP contribution in [0.3, 0.4) is 0 Å². The zero-order chi connectivity index (χ0) is 18.2. The molecule has 2 rings (SSSR count). The minimum atomic E-state index is -0.946. The van der Waals surface area contributed by atoms with Gasteiger partial charge in [-0.25, -0.2) is 4.79 Å². The Hall–Kier alpha value is -2.40. The van der Waals surface area contributed by atoms with Crippen LogP contribution in [0, 0.1) is 0 Å². The van der Waals surface area contributed by atoms with E-state index in [-0.39, 0.29) is 5.56 Å². The van der Waals surface area contributed by atoms with E-state index < -0.39 is 5.97 Å². The first-order chi connectivity index (χ1) is 12.0.